The normalized spacial score (nSPS) is 15.8. The molecule has 0 spiro atoms. The SMILES string of the molecule is OCCOc1ccc(NC2CCN(c3nccs3)CC2)cn1. The van der Waals surface area contributed by atoms with E-state index in [4.69, 9.17) is 9.84 Å². The van der Waals surface area contributed by atoms with Crippen LogP contribution in [0.3, 0.4) is 0 Å². The first kappa shape index (κ1) is 15.1. The summed E-state index contributed by atoms with van der Waals surface area (Å²) in [6.45, 7) is 2.32. The lowest BCUT2D eigenvalue weighted by Crippen LogP contribution is -2.39. The van der Waals surface area contributed by atoms with Crippen LogP contribution in [-0.2, 0) is 0 Å². The van der Waals surface area contributed by atoms with Gasteiger partial charge in [-0.05, 0) is 18.9 Å². The largest absolute Gasteiger partial charge is 0.475 e. The molecule has 1 fully saturated rings. The third-order valence-corrected chi connectivity index (χ3v) is 4.47. The van der Waals surface area contributed by atoms with Crippen molar-refractivity contribution in [3.8, 4) is 5.88 Å². The Morgan fingerprint density at radius 3 is 2.82 bits per heavy atom. The molecule has 7 heteroatoms. The van der Waals surface area contributed by atoms with Gasteiger partial charge in [0.1, 0.15) is 6.61 Å². The standard InChI is InChI=1S/C15H20N4O2S/c20-8-9-21-14-2-1-13(11-17-14)18-12-3-6-19(7-4-12)15-16-5-10-22-15/h1-2,5,10-12,18,20H,3-4,6-9H2. The fraction of sp³-hybridized carbons (Fsp3) is 0.467. The van der Waals surface area contributed by atoms with E-state index >= 15 is 0 Å². The molecule has 3 heterocycles. The lowest BCUT2D eigenvalue weighted by Gasteiger charge is -2.32. The van der Waals surface area contributed by atoms with Crippen LogP contribution in [0.5, 0.6) is 5.88 Å². The summed E-state index contributed by atoms with van der Waals surface area (Å²) in [5.74, 6) is 0.540. The molecule has 2 aromatic rings. The fourth-order valence-electron chi connectivity index (χ4n) is 2.52. The smallest absolute Gasteiger partial charge is 0.213 e. The van der Waals surface area contributed by atoms with Gasteiger partial charge in [0.15, 0.2) is 5.13 Å². The van der Waals surface area contributed by atoms with Gasteiger partial charge in [-0.3, -0.25) is 0 Å². The molecule has 0 unspecified atom stereocenters. The molecule has 0 amide bonds. The highest BCUT2D eigenvalue weighted by molar-refractivity contribution is 7.13. The zero-order chi connectivity index (χ0) is 15.2. The summed E-state index contributed by atoms with van der Waals surface area (Å²) >= 11 is 1.70. The average molecular weight is 320 g/mol. The first-order valence-corrected chi connectivity index (χ1v) is 8.34. The molecule has 1 aliphatic heterocycles. The van der Waals surface area contributed by atoms with Gasteiger partial charge in [0.05, 0.1) is 18.5 Å². The van der Waals surface area contributed by atoms with E-state index in [1.807, 2.05) is 23.7 Å². The van der Waals surface area contributed by atoms with Gasteiger partial charge in [-0.15, -0.1) is 11.3 Å². The molecule has 0 aliphatic carbocycles. The number of ether oxygens (including phenoxy) is 1. The van der Waals surface area contributed by atoms with Gasteiger partial charge in [0.25, 0.3) is 0 Å². The molecule has 1 aliphatic rings. The molecule has 1 saturated heterocycles. The molecule has 0 atom stereocenters. The topological polar surface area (TPSA) is 70.5 Å². The minimum atomic E-state index is -0.000642. The Hall–Kier alpha value is -1.86. The van der Waals surface area contributed by atoms with E-state index in [0.29, 0.717) is 11.9 Å². The molecule has 0 aromatic carbocycles. The van der Waals surface area contributed by atoms with E-state index in [0.717, 1.165) is 36.8 Å². The quantitative estimate of drug-likeness (QED) is 0.848. The van der Waals surface area contributed by atoms with Crippen LogP contribution in [0.25, 0.3) is 0 Å². The van der Waals surface area contributed by atoms with Gasteiger partial charge in [0.2, 0.25) is 5.88 Å². The zero-order valence-electron chi connectivity index (χ0n) is 12.3. The van der Waals surface area contributed by atoms with Crippen LogP contribution in [-0.4, -0.2) is 47.4 Å². The van der Waals surface area contributed by atoms with Crippen molar-refractivity contribution >= 4 is 22.2 Å². The maximum Gasteiger partial charge on any atom is 0.213 e. The lowest BCUT2D eigenvalue weighted by molar-refractivity contribution is 0.196. The highest BCUT2D eigenvalue weighted by atomic mass is 32.1. The number of aliphatic hydroxyl groups is 1. The molecule has 0 radical (unpaired) electrons. The van der Waals surface area contributed by atoms with E-state index < -0.39 is 0 Å². The maximum atomic E-state index is 8.72. The number of nitrogens with one attached hydrogen (secondary N) is 1. The summed E-state index contributed by atoms with van der Waals surface area (Å²) in [5, 5.41) is 15.4. The van der Waals surface area contributed by atoms with Crippen LogP contribution < -0.4 is 15.0 Å². The highest BCUT2D eigenvalue weighted by Gasteiger charge is 2.20. The Morgan fingerprint density at radius 1 is 1.32 bits per heavy atom. The fourth-order valence-corrected chi connectivity index (χ4v) is 3.22. The number of hydrogen-bond donors (Lipinski definition) is 2. The van der Waals surface area contributed by atoms with E-state index in [2.05, 4.69) is 20.2 Å². The predicted octanol–water partition coefficient (Wildman–Crippen LogP) is 1.99. The lowest BCUT2D eigenvalue weighted by atomic mass is 10.1. The highest BCUT2D eigenvalue weighted by Crippen LogP contribution is 2.23. The van der Waals surface area contributed by atoms with Crippen LogP contribution in [0.4, 0.5) is 10.8 Å². The van der Waals surface area contributed by atoms with Crippen LogP contribution in [0.2, 0.25) is 0 Å². The molecule has 3 rings (SSSR count). The number of anilines is 2. The third kappa shape index (κ3) is 3.86. The predicted molar refractivity (Wildman–Crippen MR) is 87.8 cm³/mol. The molecule has 2 N–H and O–H groups in total. The van der Waals surface area contributed by atoms with Gasteiger partial charge in [0, 0.05) is 36.8 Å². The number of nitrogens with zero attached hydrogens (tertiary/aromatic N) is 3. The Labute approximate surface area is 133 Å². The number of aromatic nitrogens is 2. The molecule has 0 bridgehead atoms. The summed E-state index contributed by atoms with van der Waals surface area (Å²) in [4.78, 5) is 10.9. The Balaban J connectivity index is 1.48. The molecular weight excluding hydrogens is 300 g/mol. The number of hydrogen-bond acceptors (Lipinski definition) is 7. The monoisotopic (exact) mass is 320 g/mol. The van der Waals surface area contributed by atoms with Crippen molar-refractivity contribution in [1.29, 1.82) is 0 Å². The summed E-state index contributed by atoms with van der Waals surface area (Å²) in [6.07, 6.45) is 5.81. The Kier molecular flexibility index (Phi) is 5.07. The van der Waals surface area contributed by atoms with Crippen LogP contribution in [0.15, 0.2) is 29.9 Å². The van der Waals surface area contributed by atoms with E-state index in [1.165, 1.54) is 0 Å². The van der Waals surface area contributed by atoms with Crippen molar-refractivity contribution in [3.63, 3.8) is 0 Å². The van der Waals surface area contributed by atoms with Gasteiger partial charge >= 0.3 is 0 Å². The molecular formula is C15H20N4O2S. The molecule has 118 valence electrons. The molecule has 22 heavy (non-hydrogen) atoms. The minimum absolute atomic E-state index is 0.000642. The van der Waals surface area contributed by atoms with Crippen molar-refractivity contribution in [1.82, 2.24) is 9.97 Å². The average Bonchev–Trinajstić information content (AvgIpc) is 3.09. The summed E-state index contributed by atoms with van der Waals surface area (Å²) < 4.78 is 5.25. The van der Waals surface area contributed by atoms with Gasteiger partial charge in [-0.1, -0.05) is 0 Å². The van der Waals surface area contributed by atoms with E-state index in [-0.39, 0.29) is 13.2 Å². The zero-order valence-corrected chi connectivity index (χ0v) is 13.1. The first-order chi connectivity index (χ1) is 10.8. The molecule has 6 nitrogen and oxygen atoms in total. The second-order valence-corrected chi connectivity index (χ2v) is 6.05. The van der Waals surface area contributed by atoms with Gasteiger partial charge < -0.3 is 20.1 Å². The minimum Gasteiger partial charge on any atom is -0.475 e. The third-order valence-electron chi connectivity index (χ3n) is 3.63. The number of thiazole rings is 1. The van der Waals surface area contributed by atoms with Gasteiger partial charge in [-0.2, -0.15) is 0 Å². The van der Waals surface area contributed by atoms with Crippen LogP contribution >= 0.6 is 11.3 Å². The van der Waals surface area contributed by atoms with Crippen molar-refractivity contribution in [2.75, 3.05) is 36.5 Å². The Bertz CT molecular complexity index is 553. The number of aliphatic hydroxyl groups excluding tert-OH is 1. The van der Waals surface area contributed by atoms with E-state index in [9.17, 15) is 0 Å². The summed E-state index contributed by atoms with van der Waals surface area (Å²) in [5.41, 5.74) is 1.00. The maximum absolute atomic E-state index is 8.72. The van der Waals surface area contributed by atoms with Crippen LogP contribution in [0.1, 0.15) is 12.8 Å². The number of rotatable bonds is 6. The first-order valence-electron chi connectivity index (χ1n) is 7.46. The summed E-state index contributed by atoms with van der Waals surface area (Å²) in [6, 6.07) is 4.25. The van der Waals surface area contributed by atoms with Gasteiger partial charge in [-0.25, -0.2) is 9.97 Å². The van der Waals surface area contributed by atoms with Crippen molar-refractivity contribution in [2.45, 2.75) is 18.9 Å². The molecule has 0 saturated carbocycles. The second kappa shape index (κ2) is 7.42. The van der Waals surface area contributed by atoms with Crippen molar-refractivity contribution in [3.05, 3.63) is 29.9 Å². The van der Waals surface area contributed by atoms with Crippen LogP contribution in [0, 0.1) is 0 Å². The number of piperidine rings is 1. The van der Waals surface area contributed by atoms with Crippen molar-refractivity contribution in [2.24, 2.45) is 0 Å². The van der Waals surface area contributed by atoms with E-state index in [1.54, 1.807) is 17.5 Å². The number of pyridine rings is 1. The van der Waals surface area contributed by atoms with Crippen molar-refractivity contribution < 1.29 is 9.84 Å². The summed E-state index contributed by atoms with van der Waals surface area (Å²) in [7, 11) is 0. The second-order valence-electron chi connectivity index (χ2n) is 5.18. The molecule has 2 aromatic heterocycles. The Morgan fingerprint density at radius 2 is 2.18 bits per heavy atom.